The van der Waals surface area contributed by atoms with Gasteiger partial charge in [-0.05, 0) is 29.2 Å². The van der Waals surface area contributed by atoms with Crippen molar-refractivity contribution >= 4 is 16.7 Å². The van der Waals surface area contributed by atoms with Crippen molar-refractivity contribution < 1.29 is 4.79 Å². The second-order valence-electron chi connectivity index (χ2n) is 7.97. The molecule has 1 saturated heterocycles. The van der Waals surface area contributed by atoms with Crippen molar-refractivity contribution in [2.75, 3.05) is 26.2 Å². The molecule has 2 aromatic rings. The maximum atomic E-state index is 12.9. The number of hydrogen-bond acceptors (Lipinski definition) is 2. The summed E-state index contributed by atoms with van der Waals surface area (Å²) in [6.45, 7) is 6.85. The van der Waals surface area contributed by atoms with Crippen LogP contribution in [-0.2, 0) is 11.3 Å². The largest absolute Gasteiger partial charge is 0.340 e. The number of piperazine rings is 1. The van der Waals surface area contributed by atoms with E-state index in [9.17, 15) is 4.79 Å². The fourth-order valence-corrected chi connectivity index (χ4v) is 4.53. The van der Waals surface area contributed by atoms with Gasteiger partial charge < -0.3 is 4.90 Å². The van der Waals surface area contributed by atoms with Gasteiger partial charge in [-0.15, -0.1) is 0 Å². The molecular weight excluding hydrogens is 308 g/mol. The molecule has 25 heavy (non-hydrogen) atoms. The highest BCUT2D eigenvalue weighted by atomic mass is 16.2. The van der Waals surface area contributed by atoms with Gasteiger partial charge in [-0.2, -0.15) is 0 Å². The van der Waals surface area contributed by atoms with Gasteiger partial charge in [0.05, 0.1) is 0 Å². The Morgan fingerprint density at radius 2 is 1.64 bits per heavy atom. The second-order valence-corrected chi connectivity index (χ2v) is 7.97. The number of rotatable bonds is 3. The molecular formula is C22H28N2O. The minimum atomic E-state index is -0.0855. The molecule has 0 N–H and O–H groups in total. The summed E-state index contributed by atoms with van der Waals surface area (Å²) >= 11 is 0. The van der Waals surface area contributed by atoms with E-state index in [1.54, 1.807) is 0 Å². The monoisotopic (exact) mass is 336 g/mol. The third-order valence-corrected chi connectivity index (χ3v) is 6.16. The third kappa shape index (κ3) is 3.30. The number of carbonyl (C=O) groups is 1. The Morgan fingerprint density at radius 3 is 2.40 bits per heavy atom. The predicted molar refractivity (Wildman–Crippen MR) is 102 cm³/mol. The first-order chi connectivity index (χ1) is 12.2. The van der Waals surface area contributed by atoms with Gasteiger partial charge in [0.25, 0.3) is 0 Å². The number of carbonyl (C=O) groups excluding carboxylic acids is 1. The first-order valence-electron chi connectivity index (χ1n) is 9.64. The van der Waals surface area contributed by atoms with E-state index in [0.29, 0.717) is 5.91 Å². The first-order valence-corrected chi connectivity index (χ1v) is 9.64. The van der Waals surface area contributed by atoms with Gasteiger partial charge in [-0.3, -0.25) is 9.69 Å². The van der Waals surface area contributed by atoms with Crippen LogP contribution < -0.4 is 0 Å². The van der Waals surface area contributed by atoms with Crippen LogP contribution in [0.4, 0.5) is 0 Å². The summed E-state index contributed by atoms with van der Waals surface area (Å²) in [6, 6.07) is 15.2. The highest BCUT2D eigenvalue weighted by Crippen LogP contribution is 2.39. The smallest absolute Gasteiger partial charge is 0.228 e. The molecule has 2 aliphatic rings. The van der Waals surface area contributed by atoms with Crippen LogP contribution in [0.25, 0.3) is 10.8 Å². The quantitative estimate of drug-likeness (QED) is 0.844. The maximum Gasteiger partial charge on any atom is 0.228 e. The molecule has 3 heteroatoms. The van der Waals surface area contributed by atoms with Crippen molar-refractivity contribution in [2.45, 2.75) is 39.2 Å². The Hall–Kier alpha value is -1.87. The van der Waals surface area contributed by atoms with Crippen molar-refractivity contribution in [1.82, 2.24) is 9.80 Å². The minimum Gasteiger partial charge on any atom is -0.340 e. The van der Waals surface area contributed by atoms with E-state index in [-0.39, 0.29) is 5.41 Å². The summed E-state index contributed by atoms with van der Waals surface area (Å²) in [4.78, 5) is 17.5. The predicted octanol–water partition coefficient (Wildman–Crippen LogP) is 4.06. The summed E-state index contributed by atoms with van der Waals surface area (Å²) in [5.74, 6) is 0.398. The molecule has 2 aromatic carbocycles. The average molecular weight is 336 g/mol. The van der Waals surface area contributed by atoms with Crippen molar-refractivity contribution in [3.63, 3.8) is 0 Å². The fourth-order valence-electron chi connectivity index (χ4n) is 4.53. The SMILES string of the molecule is CC1(C(=O)N2CCN(Cc3cccc4ccccc34)CC2)CCCC1. The van der Waals surface area contributed by atoms with Gasteiger partial charge in [0.1, 0.15) is 0 Å². The highest BCUT2D eigenvalue weighted by molar-refractivity contribution is 5.85. The van der Waals surface area contributed by atoms with Gasteiger partial charge >= 0.3 is 0 Å². The Bertz CT molecular complexity index is 750. The molecule has 1 heterocycles. The van der Waals surface area contributed by atoms with E-state index in [2.05, 4.69) is 59.2 Å². The standard InChI is InChI=1S/C22H28N2O/c1-22(11-4-5-12-22)21(25)24-15-13-23(14-16-24)17-19-9-6-8-18-7-2-3-10-20(18)19/h2-3,6-10H,4-5,11-17H2,1H3. The van der Waals surface area contributed by atoms with Gasteiger partial charge in [0.2, 0.25) is 5.91 Å². The van der Waals surface area contributed by atoms with Crippen molar-refractivity contribution in [3.8, 4) is 0 Å². The van der Waals surface area contributed by atoms with E-state index in [4.69, 9.17) is 0 Å². The molecule has 0 atom stereocenters. The summed E-state index contributed by atoms with van der Waals surface area (Å²) in [5, 5.41) is 2.66. The lowest BCUT2D eigenvalue weighted by molar-refractivity contribution is -0.142. The summed E-state index contributed by atoms with van der Waals surface area (Å²) in [5.41, 5.74) is 1.30. The molecule has 4 rings (SSSR count). The Balaban J connectivity index is 1.40. The van der Waals surface area contributed by atoms with Gasteiger partial charge in [0.15, 0.2) is 0 Å². The van der Waals surface area contributed by atoms with Crippen molar-refractivity contribution in [1.29, 1.82) is 0 Å². The van der Waals surface area contributed by atoms with Crippen molar-refractivity contribution in [2.24, 2.45) is 5.41 Å². The van der Waals surface area contributed by atoms with E-state index in [0.717, 1.165) is 45.6 Å². The topological polar surface area (TPSA) is 23.6 Å². The van der Waals surface area contributed by atoms with E-state index in [1.807, 2.05) is 0 Å². The maximum absolute atomic E-state index is 12.9. The molecule has 132 valence electrons. The van der Waals surface area contributed by atoms with Gasteiger partial charge in [0, 0.05) is 38.1 Å². The number of benzene rings is 2. The molecule has 0 radical (unpaired) electrons. The molecule has 0 spiro atoms. The number of hydrogen-bond donors (Lipinski definition) is 0. The fraction of sp³-hybridized carbons (Fsp3) is 0.500. The number of nitrogens with zero attached hydrogens (tertiary/aromatic N) is 2. The molecule has 1 amide bonds. The zero-order valence-corrected chi connectivity index (χ0v) is 15.2. The number of fused-ring (bicyclic) bond motifs is 1. The van der Waals surface area contributed by atoms with E-state index >= 15 is 0 Å². The average Bonchev–Trinajstić information content (AvgIpc) is 3.10. The van der Waals surface area contributed by atoms with Crippen LogP contribution in [0.5, 0.6) is 0 Å². The van der Waals surface area contributed by atoms with E-state index < -0.39 is 0 Å². The molecule has 0 bridgehead atoms. The molecule has 0 unspecified atom stereocenters. The highest BCUT2D eigenvalue weighted by Gasteiger charge is 2.39. The van der Waals surface area contributed by atoms with Crippen LogP contribution in [0.3, 0.4) is 0 Å². The molecule has 1 aliphatic carbocycles. The Labute approximate surface area is 150 Å². The van der Waals surface area contributed by atoms with Crippen LogP contribution in [0.1, 0.15) is 38.2 Å². The molecule has 2 fully saturated rings. The van der Waals surface area contributed by atoms with Crippen LogP contribution in [0.2, 0.25) is 0 Å². The van der Waals surface area contributed by atoms with Crippen LogP contribution in [-0.4, -0.2) is 41.9 Å². The molecule has 1 aliphatic heterocycles. The van der Waals surface area contributed by atoms with Gasteiger partial charge in [-0.1, -0.05) is 62.2 Å². The normalized spacial score (nSPS) is 20.9. The minimum absolute atomic E-state index is 0.0855. The summed E-state index contributed by atoms with van der Waals surface area (Å²) in [6.07, 6.45) is 4.57. The lowest BCUT2D eigenvalue weighted by Gasteiger charge is -2.38. The Morgan fingerprint density at radius 1 is 0.960 bits per heavy atom. The first kappa shape index (κ1) is 16.6. The van der Waals surface area contributed by atoms with Crippen molar-refractivity contribution in [3.05, 3.63) is 48.0 Å². The third-order valence-electron chi connectivity index (χ3n) is 6.16. The zero-order valence-electron chi connectivity index (χ0n) is 15.2. The Kier molecular flexibility index (Phi) is 4.51. The zero-order chi connectivity index (χ0) is 17.3. The summed E-state index contributed by atoms with van der Waals surface area (Å²) in [7, 11) is 0. The second kappa shape index (κ2) is 6.80. The molecule has 3 nitrogen and oxygen atoms in total. The van der Waals surface area contributed by atoms with E-state index in [1.165, 1.54) is 29.2 Å². The summed E-state index contributed by atoms with van der Waals surface area (Å²) < 4.78 is 0. The van der Waals surface area contributed by atoms with Crippen LogP contribution >= 0.6 is 0 Å². The molecule has 0 aromatic heterocycles. The lowest BCUT2D eigenvalue weighted by atomic mass is 9.87. The van der Waals surface area contributed by atoms with Crippen LogP contribution in [0, 0.1) is 5.41 Å². The molecule has 1 saturated carbocycles. The number of amides is 1. The van der Waals surface area contributed by atoms with Crippen LogP contribution in [0.15, 0.2) is 42.5 Å². The lowest BCUT2D eigenvalue weighted by Crippen LogP contribution is -2.51. The van der Waals surface area contributed by atoms with Gasteiger partial charge in [-0.25, -0.2) is 0 Å².